The zero-order chi connectivity index (χ0) is 10.2. The number of thioether (sulfide) groups is 1. The van der Waals surface area contributed by atoms with Crippen LogP contribution in [0.2, 0.25) is 0 Å². The van der Waals surface area contributed by atoms with Crippen molar-refractivity contribution in [2.24, 2.45) is 0 Å². The molecular weight excluding hydrogens is 214 g/mol. The van der Waals surface area contributed by atoms with Gasteiger partial charge in [-0.25, -0.2) is 0 Å². The van der Waals surface area contributed by atoms with Crippen molar-refractivity contribution in [3.63, 3.8) is 0 Å². The van der Waals surface area contributed by atoms with Gasteiger partial charge in [0.2, 0.25) is 0 Å². The van der Waals surface area contributed by atoms with Crippen LogP contribution >= 0.6 is 23.4 Å². The van der Waals surface area contributed by atoms with Gasteiger partial charge in [-0.05, 0) is 36.4 Å². The van der Waals surface area contributed by atoms with E-state index in [1.165, 1.54) is 10.6 Å². The van der Waals surface area contributed by atoms with Gasteiger partial charge >= 0.3 is 0 Å². The molecule has 0 bridgehead atoms. The number of hydrogen-bond donors (Lipinski definition) is 1. The second-order valence-corrected chi connectivity index (χ2v) is 4.64. The van der Waals surface area contributed by atoms with Crippen LogP contribution in [0.5, 0.6) is 0 Å². The SMILES string of the molecule is CCSc1ccc(NCCCCl)cc1. The first-order valence-electron chi connectivity index (χ1n) is 4.89. The summed E-state index contributed by atoms with van der Waals surface area (Å²) in [4.78, 5) is 1.33. The fourth-order valence-electron chi connectivity index (χ4n) is 1.14. The van der Waals surface area contributed by atoms with Crippen LogP contribution in [0, 0.1) is 0 Å². The van der Waals surface area contributed by atoms with Gasteiger partial charge in [0.05, 0.1) is 0 Å². The molecular formula is C11H16ClNS. The van der Waals surface area contributed by atoms with E-state index in [0.29, 0.717) is 0 Å². The first-order chi connectivity index (χ1) is 6.86. The van der Waals surface area contributed by atoms with Gasteiger partial charge in [0.1, 0.15) is 0 Å². The molecule has 78 valence electrons. The third kappa shape index (κ3) is 4.25. The van der Waals surface area contributed by atoms with Gasteiger partial charge in [0.15, 0.2) is 0 Å². The summed E-state index contributed by atoms with van der Waals surface area (Å²) in [6.45, 7) is 3.11. The molecule has 0 atom stereocenters. The van der Waals surface area contributed by atoms with Crippen molar-refractivity contribution in [2.45, 2.75) is 18.2 Å². The van der Waals surface area contributed by atoms with Crippen LogP contribution in [0.4, 0.5) is 5.69 Å². The van der Waals surface area contributed by atoms with E-state index in [4.69, 9.17) is 11.6 Å². The fraction of sp³-hybridized carbons (Fsp3) is 0.455. The number of alkyl halides is 1. The van der Waals surface area contributed by atoms with E-state index in [1.54, 1.807) is 0 Å². The predicted octanol–water partition coefficient (Wildman–Crippen LogP) is 3.84. The number of anilines is 1. The lowest BCUT2D eigenvalue weighted by molar-refractivity contribution is 0.987. The third-order valence-electron chi connectivity index (χ3n) is 1.80. The summed E-state index contributed by atoms with van der Waals surface area (Å²) in [6, 6.07) is 8.53. The molecule has 0 saturated heterocycles. The highest BCUT2D eigenvalue weighted by atomic mass is 35.5. The second-order valence-electron chi connectivity index (χ2n) is 2.93. The van der Waals surface area contributed by atoms with Gasteiger partial charge in [0.25, 0.3) is 0 Å². The fourth-order valence-corrected chi connectivity index (χ4v) is 1.93. The maximum atomic E-state index is 5.59. The predicted molar refractivity (Wildman–Crippen MR) is 66.7 cm³/mol. The van der Waals surface area contributed by atoms with Crippen LogP contribution in [-0.4, -0.2) is 18.2 Å². The van der Waals surface area contributed by atoms with Gasteiger partial charge in [-0.3, -0.25) is 0 Å². The number of hydrogen-bond acceptors (Lipinski definition) is 2. The molecule has 0 aliphatic carbocycles. The summed E-state index contributed by atoms with van der Waals surface area (Å²) in [5, 5.41) is 3.32. The van der Waals surface area contributed by atoms with Crippen LogP contribution < -0.4 is 5.32 Å². The first kappa shape index (κ1) is 11.7. The van der Waals surface area contributed by atoms with Crippen molar-refractivity contribution >= 4 is 29.1 Å². The van der Waals surface area contributed by atoms with Crippen molar-refractivity contribution in [1.29, 1.82) is 0 Å². The maximum absolute atomic E-state index is 5.59. The molecule has 0 saturated carbocycles. The summed E-state index contributed by atoms with van der Waals surface area (Å²) < 4.78 is 0. The Hall–Kier alpha value is -0.340. The highest BCUT2D eigenvalue weighted by Crippen LogP contribution is 2.19. The van der Waals surface area contributed by atoms with Crippen LogP contribution in [0.25, 0.3) is 0 Å². The van der Waals surface area contributed by atoms with Crippen LogP contribution in [0.15, 0.2) is 29.2 Å². The van der Waals surface area contributed by atoms with Gasteiger partial charge in [0, 0.05) is 23.0 Å². The van der Waals surface area contributed by atoms with E-state index >= 15 is 0 Å². The summed E-state index contributed by atoms with van der Waals surface area (Å²) in [5.41, 5.74) is 1.18. The Balaban J connectivity index is 2.38. The quantitative estimate of drug-likeness (QED) is 0.452. The van der Waals surface area contributed by atoms with E-state index < -0.39 is 0 Å². The van der Waals surface area contributed by atoms with Crippen LogP contribution in [-0.2, 0) is 0 Å². The monoisotopic (exact) mass is 229 g/mol. The lowest BCUT2D eigenvalue weighted by atomic mass is 10.3. The van der Waals surface area contributed by atoms with E-state index in [9.17, 15) is 0 Å². The van der Waals surface area contributed by atoms with Crippen LogP contribution in [0.3, 0.4) is 0 Å². The van der Waals surface area contributed by atoms with Gasteiger partial charge in [-0.15, -0.1) is 23.4 Å². The highest BCUT2D eigenvalue weighted by molar-refractivity contribution is 7.99. The normalized spacial score (nSPS) is 10.1. The molecule has 0 aliphatic rings. The molecule has 0 amide bonds. The molecule has 14 heavy (non-hydrogen) atoms. The number of halogens is 1. The Morgan fingerprint density at radius 1 is 1.29 bits per heavy atom. The molecule has 0 aliphatic heterocycles. The first-order valence-corrected chi connectivity index (χ1v) is 6.41. The van der Waals surface area contributed by atoms with Crippen LogP contribution in [0.1, 0.15) is 13.3 Å². The second kappa shape index (κ2) is 7.02. The Bertz CT molecular complexity index is 248. The van der Waals surface area contributed by atoms with Gasteiger partial charge in [-0.2, -0.15) is 0 Å². The van der Waals surface area contributed by atoms with Gasteiger partial charge < -0.3 is 5.32 Å². The lowest BCUT2D eigenvalue weighted by Gasteiger charge is -2.05. The molecule has 1 aromatic carbocycles. The molecule has 1 aromatic rings. The van der Waals surface area contributed by atoms with Crippen molar-refractivity contribution < 1.29 is 0 Å². The summed E-state index contributed by atoms with van der Waals surface area (Å²) in [5.74, 6) is 1.84. The Kier molecular flexibility index (Phi) is 5.88. The summed E-state index contributed by atoms with van der Waals surface area (Å²) in [6.07, 6.45) is 1.01. The molecule has 1 nitrogen and oxygen atoms in total. The Labute approximate surface area is 95.2 Å². The van der Waals surface area contributed by atoms with Crippen molar-refractivity contribution in [1.82, 2.24) is 0 Å². The smallest absolute Gasteiger partial charge is 0.0340 e. The Morgan fingerprint density at radius 3 is 2.57 bits per heavy atom. The minimum Gasteiger partial charge on any atom is -0.385 e. The molecule has 0 aromatic heterocycles. The molecule has 0 radical (unpaired) electrons. The van der Waals surface area contributed by atoms with Gasteiger partial charge in [-0.1, -0.05) is 6.92 Å². The minimum atomic E-state index is 0.719. The van der Waals surface area contributed by atoms with E-state index in [2.05, 4.69) is 36.5 Å². The standard InChI is InChI=1S/C11H16ClNS/c1-2-14-11-6-4-10(5-7-11)13-9-3-8-12/h4-7,13H,2-3,8-9H2,1H3. The molecule has 1 N–H and O–H groups in total. The average Bonchev–Trinajstić information content (AvgIpc) is 2.21. The topological polar surface area (TPSA) is 12.0 Å². The van der Waals surface area contributed by atoms with Crippen molar-refractivity contribution in [2.75, 3.05) is 23.5 Å². The molecule has 0 unspecified atom stereocenters. The average molecular weight is 230 g/mol. The third-order valence-corrected chi connectivity index (χ3v) is 2.97. The largest absolute Gasteiger partial charge is 0.385 e. The zero-order valence-electron chi connectivity index (χ0n) is 8.42. The number of nitrogens with one attached hydrogen (secondary N) is 1. The van der Waals surface area contributed by atoms with Crippen molar-refractivity contribution in [3.05, 3.63) is 24.3 Å². The van der Waals surface area contributed by atoms with Crippen molar-refractivity contribution in [3.8, 4) is 0 Å². The number of rotatable bonds is 6. The molecule has 0 spiro atoms. The zero-order valence-corrected chi connectivity index (χ0v) is 10.00. The molecule has 0 fully saturated rings. The minimum absolute atomic E-state index is 0.719. The van der Waals surface area contributed by atoms with E-state index in [1.807, 2.05) is 11.8 Å². The highest BCUT2D eigenvalue weighted by Gasteiger charge is 1.93. The lowest BCUT2D eigenvalue weighted by Crippen LogP contribution is -2.01. The van der Waals surface area contributed by atoms with E-state index in [-0.39, 0.29) is 0 Å². The molecule has 1 rings (SSSR count). The summed E-state index contributed by atoms with van der Waals surface area (Å²) in [7, 11) is 0. The Morgan fingerprint density at radius 2 is 2.00 bits per heavy atom. The van der Waals surface area contributed by atoms with E-state index in [0.717, 1.165) is 24.6 Å². The summed E-state index contributed by atoms with van der Waals surface area (Å²) >= 11 is 7.45. The molecule has 3 heteroatoms. The maximum Gasteiger partial charge on any atom is 0.0340 e. The molecule has 0 heterocycles. The number of benzene rings is 1.